The van der Waals surface area contributed by atoms with Crippen LogP contribution >= 0.6 is 23.5 Å². The van der Waals surface area contributed by atoms with Gasteiger partial charge in [-0.3, -0.25) is 15.0 Å². The van der Waals surface area contributed by atoms with Crippen LogP contribution in [0.5, 0.6) is 0 Å². The van der Waals surface area contributed by atoms with Crippen LogP contribution in [0.15, 0.2) is 53.4 Å². The van der Waals surface area contributed by atoms with E-state index in [0.717, 1.165) is 5.56 Å². The van der Waals surface area contributed by atoms with Crippen molar-refractivity contribution in [3.8, 4) is 0 Å². The molecule has 0 amide bonds. The molecule has 0 aromatic heterocycles. The molecule has 2 heterocycles. The number of carbonyl (C=O) groups is 1. The highest BCUT2D eigenvalue weighted by Gasteiger charge is 2.57. The van der Waals surface area contributed by atoms with Crippen LogP contribution in [0.4, 0.5) is 4.39 Å². The van der Waals surface area contributed by atoms with E-state index in [0.29, 0.717) is 42.0 Å². The molecule has 2 aliphatic rings. The molecule has 4 rings (SSSR count). The minimum Gasteiger partial charge on any atom is -0.352 e. The van der Waals surface area contributed by atoms with Gasteiger partial charge in [-0.05, 0) is 50.2 Å². The molecule has 2 fully saturated rings. The maximum atomic E-state index is 14.3. The molecule has 2 aromatic rings. The van der Waals surface area contributed by atoms with Crippen molar-refractivity contribution in [3.63, 3.8) is 0 Å². The maximum absolute atomic E-state index is 14.3. The molecule has 0 aliphatic carbocycles. The Morgan fingerprint density at radius 3 is 2.69 bits per heavy atom. The van der Waals surface area contributed by atoms with Gasteiger partial charge in [-0.25, -0.2) is 12.8 Å². The number of likely N-dealkylation sites (tertiary alicyclic amines) is 1. The molecule has 190 valence electrons. The molecular formula is C23H28ClFN4O4S2. The first kappa shape index (κ1) is 26.3. The molecule has 12 heteroatoms. The monoisotopic (exact) mass is 542 g/mol. The summed E-state index contributed by atoms with van der Waals surface area (Å²) < 4.78 is 43.5. The van der Waals surface area contributed by atoms with E-state index in [-0.39, 0.29) is 22.9 Å². The quantitative estimate of drug-likeness (QED) is 0.224. The fourth-order valence-electron chi connectivity index (χ4n) is 4.64. The second-order valence-electron chi connectivity index (χ2n) is 9.14. The number of hydroxylamine groups is 1. The summed E-state index contributed by atoms with van der Waals surface area (Å²) in [4.78, 5) is 18.7. The first-order valence-electron chi connectivity index (χ1n) is 11.1. The molecule has 1 N–H and O–H groups in total. The van der Waals surface area contributed by atoms with Crippen LogP contribution in [-0.4, -0.2) is 64.7 Å². The predicted octanol–water partition coefficient (Wildman–Crippen LogP) is 3.28. The van der Waals surface area contributed by atoms with E-state index >= 15 is 0 Å². The van der Waals surface area contributed by atoms with Crippen molar-refractivity contribution in [2.75, 3.05) is 24.7 Å². The van der Waals surface area contributed by atoms with Crippen molar-refractivity contribution in [1.82, 2.24) is 19.1 Å². The zero-order valence-electron chi connectivity index (χ0n) is 19.5. The number of rotatable bonds is 9. The number of thioether (sulfide) groups is 1. The Kier molecular flexibility index (Phi) is 7.77. The first-order chi connectivity index (χ1) is 16.6. The standard InChI is InChI=1S/C23H28ClFN4O4S2/c1-18-8-9-21(25)19(12-18)13-27-11-10-22(2,14-27)26-23(15-34-16-28(23)24)29(33-17-30)35(31,32)20-6-4-3-5-7-20/h3-9,12,17,26H,10-11,13-16H2,1-2H3/t22?,23-/m1/s1. The number of halogens is 2. The molecule has 0 spiro atoms. The number of carbonyl (C=O) groups excluding carboxylic acids is 1. The molecule has 35 heavy (non-hydrogen) atoms. The van der Waals surface area contributed by atoms with Crippen molar-refractivity contribution in [3.05, 3.63) is 65.5 Å². The lowest BCUT2D eigenvalue weighted by atomic mass is 10.0. The SMILES string of the molecule is Cc1ccc(F)c(CN2CCC(C)(N[C@]3(N(OC=O)S(=O)(=O)c4ccccc4)CSCN3Cl)C2)c1. The molecule has 2 aromatic carbocycles. The fraction of sp³-hybridized carbons (Fsp3) is 0.435. The van der Waals surface area contributed by atoms with Gasteiger partial charge in [0.2, 0.25) is 5.79 Å². The number of nitrogens with one attached hydrogen (secondary N) is 1. The number of aryl methyl sites for hydroxylation is 1. The van der Waals surface area contributed by atoms with Crippen LogP contribution in [0.2, 0.25) is 0 Å². The van der Waals surface area contributed by atoms with Crippen molar-refractivity contribution < 1.29 is 22.4 Å². The maximum Gasteiger partial charge on any atom is 0.314 e. The Labute approximate surface area is 214 Å². The molecule has 2 aliphatic heterocycles. The Hall–Kier alpha value is -1.73. The van der Waals surface area contributed by atoms with Crippen LogP contribution < -0.4 is 5.32 Å². The van der Waals surface area contributed by atoms with E-state index in [1.54, 1.807) is 24.3 Å². The average molecular weight is 543 g/mol. The van der Waals surface area contributed by atoms with Crippen molar-refractivity contribution in [2.45, 2.75) is 43.0 Å². The van der Waals surface area contributed by atoms with Gasteiger partial charge in [-0.15, -0.1) is 11.8 Å². The highest BCUT2D eigenvalue weighted by Crippen LogP contribution is 2.40. The fourth-order valence-corrected chi connectivity index (χ4v) is 7.76. The van der Waals surface area contributed by atoms with Gasteiger partial charge >= 0.3 is 6.47 Å². The van der Waals surface area contributed by atoms with E-state index in [1.165, 1.54) is 34.4 Å². The lowest BCUT2D eigenvalue weighted by Gasteiger charge is -2.45. The largest absolute Gasteiger partial charge is 0.352 e. The number of hydrogen-bond acceptors (Lipinski definition) is 8. The Bertz CT molecular complexity index is 1180. The molecule has 2 atom stereocenters. The van der Waals surface area contributed by atoms with Gasteiger partial charge in [0.05, 0.1) is 10.8 Å². The number of sulfonamides is 1. The van der Waals surface area contributed by atoms with Crippen molar-refractivity contribution in [1.29, 1.82) is 0 Å². The summed E-state index contributed by atoms with van der Waals surface area (Å²) in [7, 11) is -4.26. The van der Waals surface area contributed by atoms with E-state index in [9.17, 15) is 17.6 Å². The van der Waals surface area contributed by atoms with E-state index in [1.807, 2.05) is 19.9 Å². The lowest BCUT2D eigenvalue weighted by Crippen LogP contribution is -2.71. The summed E-state index contributed by atoms with van der Waals surface area (Å²) in [6, 6.07) is 12.8. The Balaban J connectivity index is 1.62. The van der Waals surface area contributed by atoms with Gasteiger partial charge in [0.1, 0.15) is 5.82 Å². The Morgan fingerprint density at radius 2 is 2.03 bits per heavy atom. The summed E-state index contributed by atoms with van der Waals surface area (Å²) in [5, 5.41) is 3.42. The summed E-state index contributed by atoms with van der Waals surface area (Å²) in [6.45, 7) is 5.57. The van der Waals surface area contributed by atoms with Crippen molar-refractivity contribution in [2.24, 2.45) is 0 Å². The van der Waals surface area contributed by atoms with E-state index in [4.69, 9.17) is 16.6 Å². The van der Waals surface area contributed by atoms with Crippen LogP contribution in [0, 0.1) is 12.7 Å². The van der Waals surface area contributed by atoms with Gasteiger partial charge in [0, 0.05) is 41.0 Å². The van der Waals surface area contributed by atoms with Gasteiger partial charge in [-0.1, -0.05) is 35.9 Å². The minimum atomic E-state index is -4.26. The molecule has 0 radical (unpaired) electrons. The van der Waals surface area contributed by atoms with E-state index < -0.39 is 21.3 Å². The molecule has 0 saturated carbocycles. The number of nitrogens with zero attached hydrogens (tertiary/aromatic N) is 3. The lowest BCUT2D eigenvalue weighted by molar-refractivity contribution is -0.189. The zero-order valence-corrected chi connectivity index (χ0v) is 21.9. The predicted molar refractivity (Wildman–Crippen MR) is 133 cm³/mol. The van der Waals surface area contributed by atoms with Crippen LogP contribution in [0.25, 0.3) is 0 Å². The second kappa shape index (κ2) is 10.3. The molecule has 0 bridgehead atoms. The van der Waals surface area contributed by atoms with Gasteiger partial charge in [0.15, 0.2) is 0 Å². The third-order valence-corrected chi connectivity index (χ3v) is 9.54. The highest BCUT2D eigenvalue weighted by molar-refractivity contribution is 7.99. The van der Waals surface area contributed by atoms with Crippen molar-refractivity contribution >= 4 is 40.0 Å². The third kappa shape index (κ3) is 5.36. The van der Waals surface area contributed by atoms with Gasteiger partial charge in [-0.2, -0.15) is 4.42 Å². The molecular weight excluding hydrogens is 515 g/mol. The van der Waals surface area contributed by atoms with Gasteiger partial charge < -0.3 is 4.84 Å². The summed E-state index contributed by atoms with van der Waals surface area (Å²) >= 11 is 8.00. The summed E-state index contributed by atoms with van der Waals surface area (Å²) in [6.07, 6.45) is 0.651. The Morgan fingerprint density at radius 1 is 1.29 bits per heavy atom. The summed E-state index contributed by atoms with van der Waals surface area (Å²) in [5.41, 5.74) is 0.987. The smallest absolute Gasteiger partial charge is 0.314 e. The zero-order chi connectivity index (χ0) is 25.3. The molecule has 1 unspecified atom stereocenters. The number of benzene rings is 2. The third-order valence-electron chi connectivity index (χ3n) is 6.26. The normalized spacial score (nSPS) is 25.9. The molecule has 2 saturated heterocycles. The average Bonchev–Trinajstić information content (AvgIpc) is 3.37. The topological polar surface area (TPSA) is 82.2 Å². The number of hydrogen-bond donors (Lipinski definition) is 1. The molecule has 8 nitrogen and oxygen atoms in total. The highest BCUT2D eigenvalue weighted by atomic mass is 35.5. The van der Waals surface area contributed by atoms with Crippen LogP contribution in [-0.2, 0) is 26.2 Å². The van der Waals surface area contributed by atoms with Gasteiger partial charge in [0.25, 0.3) is 10.0 Å². The first-order valence-corrected chi connectivity index (χ1v) is 14.0. The van der Waals surface area contributed by atoms with Crippen LogP contribution in [0.3, 0.4) is 0 Å². The second-order valence-corrected chi connectivity index (χ2v) is 12.3. The van der Waals surface area contributed by atoms with E-state index in [2.05, 4.69) is 10.2 Å². The van der Waals surface area contributed by atoms with Crippen LogP contribution in [0.1, 0.15) is 24.5 Å². The summed E-state index contributed by atoms with van der Waals surface area (Å²) in [5.74, 6) is -1.25. The minimum absolute atomic E-state index is 0.0295.